The van der Waals surface area contributed by atoms with Gasteiger partial charge in [0.05, 0.1) is 5.60 Å². The SMILES string of the molecule is CSCC(C)(O)CNC1c2ccccc2CC1(C)C. The fraction of sp³-hybridized carbons (Fsp3) is 0.625. The fourth-order valence-electron chi connectivity index (χ4n) is 3.06. The Morgan fingerprint density at radius 1 is 1.42 bits per heavy atom. The quantitative estimate of drug-likeness (QED) is 0.869. The monoisotopic (exact) mass is 279 g/mol. The van der Waals surface area contributed by atoms with E-state index in [1.165, 1.54) is 11.1 Å². The van der Waals surface area contributed by atoms with Crippen LogP contribution in [0, 0.1) is 5.41 Å². The van der Waals surface area contributed by atoms with Gasteiger partial charge in [-0.05, 0) is 36.1 Å². The van der Waals surface area contributed by atoms with Crippen molar-refractivity contribution in [1.29, 1.82) is 0 Å². The Labute approximate surface area is 121 Å². The average Bonchev–Trinajstić information content (AvgIpc) is 2.56. The minimum absolute atomic E-state index is 0.207. The molecule has 1 aliphatic carbocycles. The number of aliphatic hydroxyl groups is 1. The van der Waals surface area contributed by atoms with Gasteiger partial charge in [0.25, 0.3) is 0 Å². The summed E-state index contributed by atoms with van der Waals surface area (Å²) in [7, 11) is 0. The van der Waals surface area contributed by atoms with Gasteiger partial charge in [-0.15, -0.1) is 0 Å². The number of nitrogens with one attached hydrogen (secondary N) is 1. The largest absolute Gasteiger partial charge is 0.388 e. The van der Waals surface area contributed by atoms with E-state index in [2.05, 4.69) is 43.4 Å². The Balaban J connectivity index is 2.11. The molecule has 0 heterocycles. The summed E-state index contributed by atoms with van der Waals surface area (Å²) in [5, 5.41) is 13.9. The average molecular weight is 279 g/mol. The molecule has 2 rings (SSSR count). The van der Waals surface area contributed by atoms with E-state index < -0.39 is 5.60 Å². The molecule has 2 unspecified atom stereocenters. The third-order valence-electron chi connectivity index (χ3n) is 3.94. The first-order chi connectivity index (χ1) is 8.86. The summed E-state index contributed by atoms with van der Waals surface area (Å²) in [5.74, 6) is 0.759. The summed E-state index contributed by atoms with van der Waals surface area (Å²) >= 11 is 1.69. The van der Waals surface area contributed by atoms with Crippen LogP contribution >= 0.6 is 11.8 Å². The first kappa shape index (κ1) is 14.9. The molecule has 0 fully saturated rings. The molecule has 0 bridgehead atoms. The van der Waals surface area contributed by atoms with Gasteiger partial charge < -0.3 is 10.4 Å². The molecule has 106 valence electrons. The van der Waals surface area contributed by atoms with Gasteiger partial charge in [-0.2, -0.15) is 11.8 Å². The van der Waals surface area contributed by atoms with Gasteiger partial charge in [-0.25, -0.2) is 0 Å². The highest BCUT2D eigenvalue weighted by Crippen LogP contribution is 2.45. The van der Waals surface area contributed by atoms with Crippen molar-refractivity contribution in [2.45, 2.75) is 38.8 Å². The van der Waals surface area contributed by atoms with Gasteiger partial charge in [0.2, 0.25) is 0 Å². The maximum Gasteiger partial charge on any atom is 0.0833 e. The molecular formula is C16H25NOS. The van der Waals surface area contributed by atoms with E-state index in [0.29, 0.717) is 12.6 Å². The molecule has 19 heavy (non-hydrogen) atoms. The molecule has 2 N–H and O–H groups in total. The lowest BCUT2D eigenvalue weighted by Crippen LogP contribution is -2.43. The molecule has 0 aromatic heterocycles. The van der Waals surface area contributed by atoms with Crippen LogP contribution in [0.3, 0.4) is 0 Å². The Hall–Kier alpha value is -0.510. The molecule has 0 radical (unpaired) electrons. The normalized spacial score (nSPS) is 23.9. The van der Waals surface area contributed by atoms with Crippen molar-refractivity contribution in [2.24, 2.45) is 5.41 Å². The van der Waals surface area contributed by atoms with Crippen LogP contribution in [-0.4, -0.2) is 29.3 Å². The molecule has 3 heteroatoms. The molecule has 2 nitrogen and oxygen atoms in total. The Kier molecular flexibility index (Phi) is 4.29. The maximum atomic E-state index is 10.3. The number of rotatable bonds is 5. The molecule has 2 atom stereocenters. The van der Waals surface area contributed by atoms with Crippen LogP contribution in [0.5, 0.6) is 0 Å². The second-order valence-electron chi connectivity index (χ2n) is 6.61. The van der Waals surface area contributed by atoms with E-state index in [4.69, 9.17) is 0 Å². The lowest BCUT2D eigenvalue weighted by atomic mass is 9.85. The minimum Gasteiger partial charge on any atom is -0.388 e. The molecule has 0 amide bonds. The van der Waals surface area contributed by atoms with Crippen molar-refractivity contribution in [3.05, 3.63) is 35.4 Å². The smallest absolute Gasteiger partial charge is 0.0833 e. The zero-order chi connectivity index (χ0) is 14.1. The summed E-state index contributed by atoms with van der Waals surface area (Å²) in [5.41, 5.74) is 2.40. The van der Waals surface area contributed by atoms with Crippen LogP contribution in [0.15, 0.2) is 24.3 Å². The van der Waals surface area contributed by atoms with Gasteiger partial charge in [0.15, 0.2) is 0 Å². The highest BCUT2D eigenvalue weighted by molar-refractivity contribution is 7.98. The highest BCUT2D eigenvalue weighted by Gasteiger charge is 2.39. The van der Waals surface area contributed by atoms with E-state index in [0.717, 1.165) is 12.2 Å². The van der Waals surface area contributed by atoms with E-state index >= 15 is 0 Å². The van der Waals surface area contributed by atoms with E-state index in [9.17, 15) is 5.11 Å². The number of fused-ring (bicyclic) bond motifs is 1. The summed E-state index contributed by atoms with van der Waals surface area (Å²) in [6, 6.07) is 8.98. The first-order valence-corrected chi connectivity index (χ1v) is 8.28. The first-order valence-electron chi connectivity index (χ1n) is 6.88. The van der Waals surface area contributed by atoms with Crippen LogP contribution in [0.25, 0.3) is 0 Å². The third-order valence-corrected chi connectivity index (χ3v) is 4.85. The summed E-state index contributed by atoms with van der Waals surface area (Å²) < 4.78 is 0. The van der Waals surface area contributed by atoms with Crippen molar-refractivity contribution in [2.75, 3.05) is 18.6 Å². The van der Waals surface area contributed by atoms with Crippen LogP contribution in [-0.2, 0) is 6.42 Å². The summed E-state index contributed by atoms with van der Waals surface area (Å²) in [6.45, 7) is 7.14. The third kappa shape index (κ3) is 3.33. The van der Waals surface area contributed by atoms with E-state index in [1.807, 2.05) is 13.2 Å². The van der Waals surface area contributed by atoms with Crippen molar-refractivity contribution in [3.63, 3.8) is 0 Å². The van der Waals surface area contributed by atoms with Crippen molar-refractivity contribution in [3.8, 4) is 0 Å². The van der Waals surface area contributed by atoms with Crippen LogP contribution in [0.1, 0.15) is 37.9 Å². The molecule has 1 aromatic rings. The summed E-state index contributed by atoms with van der Waals surface area (Å²) in [6.07, 6.45) is 3.13. The Morgan fingerprint density at radius 2 is 2.11 bits per heavy atom. The second-order valence-corrected chi connectivity index (χ2v) is 7.47. The predicted molar refractivity (Wildman–Crippen MR) is 83.7 cm³/mol. The number of thioether (sulfide) groups is 1. The van der Waals surface area contributed by atoms with Crippen molar-refractivity contribution < 1.29 is 5.11 Å². The molecule has 1 aromatic carbocycles. The lowest BCUT2D eigenvalue weighted by molar-refractivity contribution is 0.0750. The summed E-state index contributed by atoms with van der Waals surface area (Å²) in [4.78, 5) is 0. The van der Waals surface area contributed by atoms with E-state index in [1.54, 1.807) is 11.8 Å². The Bertz CT molecular complexity index is 442. The maximum absolute atomic E-state index is 10.3. The molecule has 0 saturated heterocycles. The van der Waals surface area contributed by atoms with Crippen LogP contribution < -0.4 is 5.32 Å². The van der Waals surface area contributed by atoms with Gasteiger partial charge >= 0.3 is 0 Å². The number of benzene rings is 1. The van der Waals surface area contributed by atoms with Gasteiger partial charge in [0, 0.05) is 18.3 Å². The zero-order valence-corrected chi connectivity index (χ0v) is 13.2. The molecule has 1 aliphatic rings. The second kappa shape index (κ2) is 5.47. The standard InChI is InChI=1S/C16H25NOS/c1-15(2)9-12-7-5-6-8-13(12)14(15)17-10-16(3,18)11-19-4/h5-8,14,17-18H,9-11H2,1-4H3. The van der Waals surface area contributed by atoms with Crippen LogP contribution in [0.4, 0.5) is 0 Å². The number of hydrogen-bond donors (Lipinski definition) is 2. The fourth-order valence-corrected chi connectivity index (χ4v) is 3.78. The van der Waals surface area contributed by atoms with Crippen molar-refractivity contribution >= 4 is 11.8 Å². The molecular weight excluding hydrogens is 254 g/mol. The van der Waals surface area contributed by atoms with Crippen molar-refractivity contribution in [1.82, 2.24) is 5.32 Å². The van der Waals surface area contributed by atoms with Gasteiger partial charge in [0.1, 0.15) is 0 Å². The minimum atomic E-state index is -0.646. The predicted octanol–water partition coefficient (Wildman–Crippen LogP) is 3.01. The van der Waals surface area contributed by atoms with Gasteiger partial charge in [-0.3, -0.25) is 0 Å². The van der Waals surface area contributed by atoms with Crippen LogP contribution in [0.2, 0.25) is 0 Å². The topological polar surface area (TPSA) is 32.3 Å². The molecule has 0 saturated carbocycles. The Morgan fingerprint density at radius 3 is 2.79 bits per heavy atom. The molecule has 0 aliphatic heterocycles. The highest BCUT2D eigenvalue weighted by atomic mass is 32.2. The molecule has 0 spiro atoms. The lowest BCUT2D eigenvalue weighted by Gasteiger charge is -2.32. The zero-order valence-electron chi connectivity index (χ0n) is 12.4. The number of hydrogen-bond acceptors (Lipinski definition) is 3. The van der Waals surface area contributed by atoms with Gasteiger partial charge in [-0.1, -0.05) is 38.1 Å². The van der Waals surface area contributed by atoms with E-state index in [-0.39, 0.29) is 5.41 Å².